The minimum atomic E-state index is -0.934. The molecule has 1 aliphatic heterocycles. The second-order valence-corrected chi connectivity index (χ2v) is 4.67. The van der Waals surface area contributed by atoms with Crippen molar-refractivity contribution in [1.29, 1.82) is 0 Å². The number of hydrogen-bond acceptors (Lipinski definition) is 3. The lowest BCUT2D eigenvalue weighted by molar-refractivity contribution is -0.152. The van der Waals surface area contributed by atoms with E-state index in [4.69, 9.17) is 5.11 Å². The van der Waals surface area contributed by atoms with Crippen LogP contribution in [0, 0.1) is 11.8 Å². The maximum Gasteiger partial charge on any atom is 0.326 e. The Morgan fingerprint density at radius 1 is 1.44 bits per heavy atom. The highest BCUT2D eigenvalue weighted by Gasteiger charge is 2.33. The van der Waals surface area contributed by atoms with Crippen LogP contribution in [0.1, 0.15) is 20.3 Å². The maximum absolute atomic E-state index is 12.0. The van der Waals surface area contributed by atoms with Gasteiger partial charge in [0.1, 0.15) is 6.04 Å². The van der Waals surface area contributed by atoms with Gasteiger partial charge in [0.25, 0.3) is 0 Å². The van der Waals surface area contributed by atoms with E-state index in [0.717, 1.165) is 13.0 Å². The summed E-state index contributed by atoms with van der Waals surface area (Å²) in [5, 5.41) is 12.2. The first kappa shape index (κ1) is 13.0. The number of nitrogens with one attached hydrogen (secondary N) is 1. The molecule has 0 aliphatic carbocycles. The van der Waals surface area contributed by atoms with Gasteiger partial charge < -0.3 is 15.3 Å². The predicted molar refractivity (Wildman–Crippen MR) is 60.0 cm³/mol. The lowest BCUT2D eigenvalue weighted by Crippen LogP contribution is -2.48. The fourth-order valence-corrected chi connectivity index (χ4v) is 2.19. The molecule has 5 nitrogen and oxygen atoms in total. The third-order valence-electron chi connectivity index (χ3n) is 3.06. The summed E-state index contributed by atoms with van der Waals surface area (Å²) < 4.78 is 0. The summed E-state index contributed by atoms with van der Waals surface area (Å²) >= 11 is 0. The van der Waals surface area contributed by atoms with Gasteiger partial charge in [0.05, 0.1) is 5.92 Å². The maximum atomic E-state index is 12.0. The predicted octanol–water partition coefficient (Wildman–Crippen LogP) is 0.164. The standard InChI is InChI=1S/C11H20N2O3/c1-7(2)9(11(15)16)13(3)10(14)8-4-5-12-6-8/h7-9,12H,4-6H2,1-3H3,(H,15,16)/t8-,9-/m0/s1. The number of amides is 1. The summed E-state index contributed by atoms with van der Waals surface area (Å²) in [6.45, 7) is 5.13. The van der Waals surface area contributed by atoms with E-state index in [0.29, 0.717) is 6.54 Å². The van der Waals surface area contributed by atoms with Crippen LogP contribution in [0.15, 0.2) is 0 Å². The first-order chi connectivity index (χ1) is 7.45. The van der Waals surface area contributed by atoms with E-state index in [1.807, 2.05) is 13.8 Å². The summed E-state index contributed by atoms with van der Waals surface area (Å²) in [5.41, 5.74) is 0. The van der Waals surface area contributed by atoms with Crippen molar-refractivity contribution in [3.8, 4) is 0 Å². The quantitative estimate of drug-likeness (QED) is 0.719. The third kappa shape index (κ3) is 2.72. The summed E-state index contributed by atoms with van der Waals surface area (Å²) in [7, 11) is 1.58. The number of rotatable bonds is 4. The van der Waals surface area contributed by atoms with Gasteiger partial charge in [0.15, 0.2) is 0 Å². The Kier molecular flexibility index (Phi) is 4.29. The topological polar surface area (TPSA) is 69.6 Å². The van der Waals surface area contributed by atoms with Crippen molar-refractivity contribution in [2.45, 2.75) is 26.3 Å². The van der Waals surface area contributed by atoms with E-state index in [1.165, 1.54) is 4.90 Å². The summed E-state index contributed by atoms with van der Waals surface area (Å²) in [5.74, 6) is -1.14. The van der Waals surface area contributed by atoms with Gasteiger partial charge >= 0.3 is 5.97 Å². The second kappa shape index (κ2) is 5.30. The Morgan fingerprint density at radius 2 is 2.06 bits per heavy atom. The Bertz CT molecular complexity index is 272. The van der Waals surface area contributed by atoms with E-state index >= 15 is 0 Å². The minimum absolute atomic E-state index is 0.0638. The molecular formula is C11H20N2O3. The van der Waals surface area contributed by atoms with Crippen LogP contribution in [-0.2, 0) is 9.59 Å². The van der Waals surface area contributed by atoms with Crippen molar-refractivity contribution in [2.75, 3.05) is 20.1 Å². The SMILES string of the molecule is CC(C)[C@@H](C(=O)O)N(C)C(=O)[C@H]1CCNC1. The van der Waals surface area contributed by atoms with Gasteiger partial charge in [0.2, 0.25) is 5.91 Å². The van der Waals surface area contributed by atoms with Crippen LogP contribution in [0.25, 0.3) is 0 Å². The van der Waals surface area contributed by atoms with E-state index in [2.05, 4.69) is 5.32 Å². The zero-order valence-electron chi connectivity index (χ0n) is 10.1. The Hall–Kier alpha value is -1.10. The highest BCUT2D eigenvalue weighted by atomic mass is 16.4. The first-order valence-electron chi connectivity index (χ1n) is 5.65. The molecule has 2 N–H and O–H groups in total. The molecule has 5 heteroatoms. The Balaban J connectivity index is 2.69. The fourth-order valence-electron chi connectivity index (χ4n) is 2.19. The molecule has 1 rings (SSSR count). The van der Waals surface area contributed by atoms with E-state index in [9.17, 15) is 9.59 Å². The van der Waals surface area contributed by atoms with Crippen LogP contribution < -0.4 is 5.32 Å². The molecule has 92 valence electrons. The highest BCUT2D eigenvalue weighted by molar-refractivity contribution is 5.85. The molecule has 0 saturated carbocycles. The van der Waals surface area contributed by atoms with E-state index in [1.54, 1.807) is 7.05 Å². The molecule has 1 fully saturated rings. The number of likely N-dealkylation sites (N-methyl/N-ethyl adjacent to an activating group) is 1. The molecule has 2 atom stereocenters. The van der Waals surface area contributed by atoms with Crippen molar-refractivity contribution in [2.24, 2.45) is 11.8 Å². The monoisotopic (exact) mass is 228 g/mol. The van der Waals surface area contributed by atoms with Crippen LogP contribution >= 0.6 is 0 Å². The zero-order valence-corrected chi connectivity index (χ0v) is 10.1. The summed E-state index contributed by atoms with van der Waals surface area (Å²) in [6, 6.07) is -0.729. The lowest BCUT2D eigenvalue weighted by atomic mass is 10.0. The Morgan fingerprint density at radius 3 is 2.44 bits per heavy atom. The smallest absolute Gasteiger partial charge is 0.326 e. The number of carbonyl (C=O) groups excluding carboxylic acids is 1. The number of hydrogen-bond donors (Lipinski definition) is 2. The molecule has 1 saturated heterocycles. The van der Waals surface area contributed by atoms with Crippen LogP contribution in [0.4, 0.5) is 0 Å². The second-order valence-electron chi connectivity index (χ2n) is 4.67. The molecular weight excluding hydrogens is 208 g/mol. The normalized spacial score (nSPS) is 22.1. The molecule has 1 heterocycles. The van der Waals surface area contributed by atoms with Crippen molar-refractivity contribution in [1.82, 2.24) is 10.2 Å². The average molecular weight is 228 g/mol. The van der Waals surface area contributed by atoms with Crippen molar-refractivity contribution < 1.29 is 14.7 Å². The molecule has 1 amide bonds. The molecule has 0 unspecified atom stereocenters. The molecule has 1 aliphatic rings. The minimum Gasteiger partial charge on any atom is -0.480 e. The lowest BCUT2D eigenvalue weighted by Gasteiger charge is -2.29. The zero-order chi connectivity index (χ0) is 12.3. The molecule has 0 radical (unpaired) electrons. The van der Waals surface area contributed by atoms with Gasteiger partial charge in [0, 0.05) is 13.6 Å². The van der Waals surface area contributed by atoms with Crippen molar-refractivity contribution >= 4 is 11.9 Å². The van der Waals surface area contributed by atoms with Crippen molar-refractivity contribution in [3.63, 3.8) is 0 Å². The van der Waals surface area contributed by atoms with E-state index in [-0.39, 0.29) is 17.7 Å². The number of nitrogens with zero attached hydrogens (tertiary/aromatic N) is 1. The van der Waals surface area contributed by atoms with Gasteiger partial charge in [-0.05, 0) is 18.9 Å². The van der Waals surface area contributed by atoms with Crippen LogP contribution in [0.5, 0.6) is 0 Å². The number of carboxylic acids is 1. The number of carboxylic acid groups (broad SMARTS) is 1. The van der Waals surface area contributed by atoms with Crippen LogP contribution in [0.3, 0.4) is 0 Å². The summed E-state index contributed by atoms with van der Waals surface area (Å²) in [4.78, 5) is 24.5. The third-order valence-corrected chi connectivity index (χ3v) is 3.06. The first-order valence-corrected chi connectivity index (χ1v) is 5.65. The van der Waals surface area contributed by atoms with Gasteiger partial charge in [-0.2, -0.15) is 0 Å². The molecule has 0 bridgehead atoms. The molecule has 0 aromatic rings. The molecule has 0 spiro atoms. The fraction of sp³-hybridized carbons (Fsp3) is 0.818. The Labute approximate surface area is 95.8 Å². The molecule has 0 aromatic carbocycles. The largest absolute Gasteiger partial charge is 0.480 e. The number of carbonyl (C=O) groups is 2. The highest BCUT2D eigenvalue weighted by Crippen LogP contribution is 2.16. The average Bonchev–Trinajstić information content (AvgIpc) is 2.67. The van der Waals surface area contributed by atoms with E-state index < -0.39 is 12.0 Å². The van der Waals surface area contributed by atoms with Gasteiger partial charge in [-0.1, -0.05) is 13.8 Å². The van der Waals surface area contributed by atoms with Gasteiger partial charge in [-0.25, -0.2) is 4.79 Å². The van der Waals surface area contributed by atoms with Gasteiger partial charge in [-0.3, -0.25) is 4.79 Å². The van der Waals surface area contributed by atoms with Crippen LogP contribution in [-0.4, -0.2) is 48.1 Å². The summed E-state index contributed by atoms with van der Waals surface area (Å²) in [6.07, 6.45) is 0.799. The molecule has 16 heavy (non-hydrogen) atoms. The molecule has 0 aromatic heterocycles. The van der Waals surface area contributed by atoms with Crippen molar-refractivity contribution in [3.05, 3.63) is 0 Å². The number of aliphatic carboxylic acids is 1. The van der Waals surface area contributed by atoms with Crippen LogP contribution in [0.2, 0.25) is 0 Å². The van der Waals surface area contributed by atoms with Gasteiger partial charge in [-0.15, -0.1) is 0 Å².